The molecule has 0 bridgehead atoms. The smallest absolute Gasteiger partial charge is 0.335 e. The Labute approximate surface area is 137 Å². The molecule has 1 fully saturated rings. The number of hydrogen-bond donors (Lipinski definition) is 2. The lowest BCUT2D eigenvalue weighted by atomic mass is 10.1. The van der Waals surface area contributed by atoms with Gasteiger partial charge in [0.05, 0.1) is 12.2 Å². The first-order chi connectivity index (χ1) is 9.19. The Morgan fingerprint density at radius 1 is 1.00 bits per heavy atom. The number of carboxylic acids is 1. The van der Waals surface area contributed by atoms with Crippen molar-refractivity contribution in [3.63, 3.8) is 0 Å². The van der Waals surface area contributed by atoms with Crippen molar-refractivity contribution in [2.45, 2.75) is 6.54 Å². The molecule has 120 valence electrons. The molecule has 0 atom stereocenters. The molecule has 0 radical (unpaired) electrons. The van der Waals surface area contributed by atoms with Crippen LogP contribution in [0.15, 0.2) is 24.3 Å². The van der Waals surface area contributed by atoms with Crippen molar-refractivity contribution >= 4 is 30.8 Å². The van der Waals surface area contributed by atoms with E-state index in [9.17, 15) is 4.79 Å². The Kier molecular flexibility index (Phi) is 9.57. The van der Waals surface area contributed by atoms with Crippen LogP contribution in [-0.2, 0) is 6.54 Å². The molecule has 1 aromatic rings. The van der Waals surface area contributed by atoms with E-state index >= 15 is 0 Å². The number of halogens is 2. The molecular weight excluding hydrogens is 315 g/mol. The minimum Gasteiger partial charge on any atom is -0.478 e. The summed E-state index contributed by atoms with van der Waals surface area (Å²) in [5, 5.41) is 17.7. The van der Waals surface area contributed by atoms with Gasteiger partial charge in [0, 0.05) is 39.3 Å². The average molecular weight is 337 g/mol. The van der Waals surface area contributed by atoms with Crippen molar-refractivity contribution in [3.8, 4) is 0 Å². The number of β-amino-alcohol motifs (C(OH)–C–C–N with tert-alkyl or cyclic N) is 1. The number of hydrogen-bond acceptors (Lipinski definition) is 4. The maximum atomic E-state index is 10.8. The second-order valence-electron chi connectivity index (χ2n) is 4.84. The summed E-state index contributed by atoms with van der Waals surface area (Å²) >= 11 is 0. The summed E-state index contributed by atoms with van der Waals surface area (Å²) < 4.78 is 0. The van der Waals surface area contributed by atoms with Gasteiger partial charge < -0.3 is 10.2 Å². The zero-order valence-corrected chi connectivity index (χ0v) is 13.4. The van der Waals surface area contributed by atoms with E-state index in [1.165, 1.54) is 0 Å². The van der Waals surface area contributed by atoms with Gasteiger partial charge >= 0.3 is 5.97 Å². The third-order valence-electron chi connectivity index (χ3n) is 3.49. The van der Waals surface area contributed by atoms with Crippen LogP contribution < -0.4 is 0 Å². The summed E-state index contributed by atoms with van der Waals surface area (Å²) in [5.74, 6) is -0.885. The fraction of sp³-hybridized carbons (Fsp3) is 0.500. The maximum Gasteiger partial charge on any atom is 0.335 e. The van der Waals surface area contributed by atoms with Crippen LogP contribution in [0.1, 0.15) is 15.9 Å². The predicted octanol–water partition coefficient (Wildman–Crippen LogP) is 1.34. The fourth-order valence-electron chi connectivity index (χ4n) is 2.32. The van der Waals surface area contributed by atoms with Crippen molar-refractivity contribution in [3.05, 3.63) is 35.4 Å². The van der Waals surface area contributed by atoms with Crippen LogP contribution in [0.4, 0.5) is 0 Å². The van der Waals surface area contributed by atoms with Gasteiger partial charge in [0.25, 0.3) is 0 Å². The van der Waals surface area contributed by atoms with E-state index in [0.29, 0.717) is 5.56 Å². The Morgan fingerprint density at radius 2 is 1.52 bits per heavy atom. The first kappa shape index (κ1) is 20.1. The van der Waals surface area contributed by atoms with E-state index in [0.717, 1.165) is 44.8 Å². The summed E-state index contributed by atoms with van der Waals surface area (Å²) in [6.07, 6.45) is 0. The third kappa shape index (κ3) is 6.20. The molecule has 5 nitrogen and oxygen atoms in total. The number of carboxylic acid groups (broad SMARTS) is 1. The Morgan fingerprint density at radius 3 is 2.00 bits per heavy atom. The highest BCUT2D eigenvalue weighted by molar-refractivity contribution is 5.87. The van der Waals surface area contributed by atoms with Crippen LogP contribution in [0.3, 0.4) is 0 Å². The van der Waals surface area contributed by atoms with E-state index < -0.39 is 5.97 Å². The van der Waals surface area contributed by atoms with Crippen molar-refractivity contribution in [1.29, 1.82) is 0 Å². The highest BCUT2D eigenvalue weighted by atomic mass is 35.5. The van der Waals surface area contributed by atoms with Gasteiger partial charge in [0.2, 0.25) is 0 Å². The van der Waals surface area contributed by atoms with Crippen molar-refractivity contribution < 1.29 is 15.0 Å². The number of rotatable bonds is 5. The van der Waals surface area contributed by atoms with Gasteiger partial charge in [-0.05, 0) is 17.7 Å². The number of aliphatic hydroxyl groups is 1. The number of nitrogens with zero attached hydrogens (tertiary/aromatic N) is 2. The normalized spacial score (nSPS) is 15.9. The molecule has 2 rings (SSSR count). The average Bonchev–Trinajstić information content (AvgIpc) is 2.42. The minimum absolute atomic E-state index is 0. The topological polar surface area (TPSA) is 64.0 Å². The molecule has 7 heteroatoms. The molecule has 2 N–H and O–H groups in total. The van der Waals surface area contributed by atoms with E-state index in [-0.39, 0.29) is 31.4 Å². The molecule has 1 aromatic carbocycles. The minimum atomic E-state index is -0.885. The molecule has 1 aliphatic rings. The standard InChI is InChI=1S/C14H20N2O3.2ClH/c17-10-9-15-5-7-16(8-6-15)11-12-1-3-13(4-2-12)14(18)19;;/h1-4,17H,5-11H2,(H,18,19);2*1H. The molecule has 21 heavy (non-hydrogen) atoms. The van der Waals surface area contributed by atoms with E-state index in [4.69, 9.17) is 10.2 Å². The van der Waals surface area contributed by atoms with Gasteiger partial charge in [-0.15, -0.1) is 24.8 Å². The van der Waals surface area contributed by atoms with Crippen LogP contribution in [0.2, 0.25) is 0 Å². The van der Waals surface area contributed by atoms with Crippen LogP contribution in [0.25, 0.3) is 0 Å². The Bertz CT molecular complexity index is 421. The second-order valence-corrected chi connectivity index (χ2v) is 4.84. The van der Waals surface area contributed by atoms with Gasteiger partial charge in [0.1, 0.15) is 0 Å². The number of piperazine rings is 1. The highest BCUT2D eigenvalue weighted by Crippen LogP contribution is 2.10. The molecule has 1 saturated heterocycles. The lowest BCUT2D eigenvalue weighted by Gasteiger charge is -2.34. The predicted molar refractivity (Wildman–Crippen MR) is 86.7 cm³/mol. The summed E-state index contributed by atoms with van der Waals surface area (Å²) in [5.41, 5.74) is 1.47. The second kappa shape index (κ2) is 9.97. The number of benzene rings is 1. The number of aromatic carboxylic acids is 1. The monoisotopic (exact) mass is 336 g/mol. The molecule has 1 heterocycles. The van der Waals surface area contributed by atoms with Crippen LogP contribution in [0.5, 0.6) is 0 Å². The summed E-state index contributed by atoms with van der Waals surface area (Å²) in [7, 11) is 0. The lowest BCUT2D eigenvalue weighted by molar-refractivity contribution is 0.0697. The van der Waals surface area contributed by atoms with E-state index in [2.05, 4.69) is 9.80 Å². The van der Waals surface area contributed by atoms with Gasteiger partial charge in [-0.1, -0.05) is 12.1 Å². The molecule has 0 amide bonds. The fourth-order valence-corrected chi connectivity index (χ4v) is 2.32. The quantitative estimate of drug-likeness (QED) is 0.849. The zero-order valence-electron chi connectivity index (χ0n) is 11.8. The molecule has 0 unspecified atom stereocenters. The van der Waals surface area contributed by atoms with Gasteiger partial charge in [-0.25, -0.2) is 4.79 Å². The first-order valence-electron chi connectivity index (χ1n) is 6.57. The molecule has 0 saturated carbocycles. The highest BCUT2D eigenvalue weighted by Gasteiger charge is 2.16. The van der Waals surface area contributed by atoms with Gasteiger partial charge in [-0.3, -0.25) is 9.80 Å². The summed E-state index contributed by atoms with van der Waals surface area (Å²) in [6.45, 7) is 5.76. The Balaban J connectivity index is 0.00000200. The zero-order chi connectivity index (χ0) is 13.7. The van der Waals surface area contributed by atoms with Gasteiger partial charge in [0.15, 0.2) is 0 Å². The van der Waals surface area contributed by atoms with Crippen LogP contribution in [0, 0.1) is 0 Å². The van der Waals surface area contributed by atoms with Crippen LogP contribution in [-0.4, -0.2) is 65.3 Å². The number of carbonyl (C=O) groups is 1. The molecular formula is C14H22Cl2N2O3. The SMILES string of the molecule is Cl.Cl.O=C(O)c1ccc(CN2CCN(CCO)CC2)cc1. The summed E-state index contributed by atoms with van der Waals surface area (Å²) in [6, 6.07) is 7.06. The first-order valence-corrected chi connectivity index (χ1v) is 6.57. The summed E-state index contributed by atoms with van der Waals surface area (Å²) in [4.78, 5) is 15.4. The molecule has 0 aliphatic carbocycles. The molecule has 0 spiro atoms. The van der Waals surface area contributed by atoms with Gasteiger partial charge in [-0.2, -0.15) is 0 Å². The number of aliphatic hydroxyl groups excluding tert-OH is 1. The van der Waals surface area contributed by atoms with Crippen molar-refractivity contribution in [2.75, 3.05) is 39.3 Å². The lowest BCUT2D eigenvalue weighted by Crippen LogP contribution is -2.46. The van der Waals surface area contributed by atoms with Crippen molar-refractivity contribution in [1.82, 2.24) is 9.80 Å². The molecule has 1 aliphatic heterocycles. The van der Waals surface area contributed by atoms with Crippen LogP contribution >= 0.6 is 24.8 Å². The molecule has 0 aromatic heterocycles. The van der Waals surface area contributed by atoms with Crippen molar-refractivity contribution in [2.24, 2.45) is 0 Å². The maximum absolute atomic E-state index is 10.8. The third-order valence-corrected chi connectivity index (χ3v) is 3.49. The van der Waals surface area contributed by atoms with E-state index in [1.54, 1.807) is 12.1 Å². The Hall–Kier alpha value is -0.850. The van der Waals surface area contributed by atoms with E-state index in [1.807, 2.05) is 12.1 Å². The largest absolute Gasteiger partial charge is 0.478 e.